The van der Waals surface area contributed by atoms with Crippen molar-refractivity contribution in [2.24, 2.45) is 5.92 Å². The lowest BCUT2D eigenvalue weighted by Gasteiger charge is -2.28. The SMILES string of the molecule is CC(=O)Nc1ccc2c(c1)OC(C(C)C)CC2=O. The van der Waals surface area contributed by atoms with Gasteiger partial charge < -0.3 is 10.1 Å². The van der Waals surface area contributed by atoms with Gasteiger partial charge in [-0.25, -0.2) is 0 Å². The molecule has 0 fully saturated rings. The normalized spacial score (nSPS) is 18.2. The van der Waals surface area contributed by atoms with Crippen LogP contribution in [0.4, 0.5) is 5.69 Å². The van der Waals surface area contributed by atoms with Crippen molar-refractivity contribution in [2.75, 3.05) is 5.32 Å². The summed E-state index contributed by atoms with van der Waals surface area (Å²) in [4.78, 5) is 23.0. The van der Waals surface area contributed by atoms with E-state index in [9.17, 15) is 9.59 Å². The van der Waals surface area contributed by atoms with Crippen LogP contribution in [0.3, 0.4) is 0 Å². The van der Waals surface area contributed by atoms with Crippen LogP contribution in [-0.2, 0) is 4.79 Å². The summed E-state index contributed by atoms with van der Waals surface area (Å²) >= 11 is 0. The summed E-state index contributed by atoms with van der Waals surface area (Å²) in [7, 11) is 0. The molecular formula is C14H17NO3. The van der Waals surface area contributed by atoms with Crippen LogP contribution in [0.5, 0.6) is 5.75 Å². The molecule has 2 rings (SSSR count). The van der Waals surface area contributed by atoms with Gasteiger partial charge in [0.2, 0.25) is 5.91 Å². The molecule has 0 aromatic heterocycles. The van der Waals surface area contributed by atoms with Crippen molar-refractivity contribution in [2.45, 2.75) is 33.3 Å². The fraction of sp³-hybridized carbons (Fsp3) is 0.429. The Bertz CT molecular complexity index is 494. The zero-order valence-electron chi connectivity index (χ0n) is 10.8. The van der Waals surface area contributed by atoms with Crippen LogP contribution in [0.15, 0.2) is 18.2 Å². The highest BCUT2D eigenvalue weighted by molar-refractivity contribution is 6.01. The highest BCUT2D eigenvalue weighted by Gasteiger charge is 2.28. The molecule has 4 nitrogen and oxygen atoms in total. The lowest BCUT2D eigenvalue weighted by atomic mass is 9.94. The van der Waals surface area contributed by atoms with Crippen LogP contribution in [-0.4, -0.2) is 17.8 Å². The van der Waals surface area contributed by atoms with Gasteiger partial charge in [-0.3, -0.25) is 9.59 Å². The van der Waals surface area contributed by atoms with Gasteiger partial charge in [0.15, 0.2) is 5.78 Å². The molecule has 1 unspecified atom stereocenters. The number of anilines is 1. The molecule has 0 saturated carbocycles. The Labute approximate surface area is 106 Å². The van der Waals surface area contributed by atoms with Crippen molar-refractivity contribution >= 4 is 17.4 Å². The van der Waals surface area contributed by atoms with Gasteiger partial charge in [-0.05, 0) is 18.1 Å². The zero-order chi connectivity index (χ0) is 13.3. The Morgan fingerprint density at radius 1 is 1.44 bits per heavy atom. The van der Waals surface area contributed by atoms with Gasteiger partial charge in [0, 0.05) is 25.1 Å². The van der Waals surface area contributed by atoms with E-state index in [4.69, 9.17) is 4.74 Å². The summed E-state index contributed by atoms with van der Waals surface area (Å²) in [5, 5.41) is 2.68. The quantitative estimate of drug-likeness (QED) is 0.874. The molecule has 1 aliphatic rings. The third-order valence-electron chi connectivity index (χ3n) is 3.01. The largest absolute Gasteiger partial charge is 0.489 e. The minimum absolute atomic E-state index is 0.0856. The maximum atomic E-state index is 12.0. The molecule has 1 N–H and O–H groups in total. The van der Waals surface area contributed by atoms with E-state index in [-0.39, 0.29) is 23.7 Å². The van der Waals surface area contributed by atoms with Crippen LogP contribution in [0, 0.1) is 5.92 Å². The van der Waals surface area contributed by atoms with E-state index in [0.29, 0.717) is 23.4 Å². The second-order valence-electron chi connectivity index (χ2n) is 4.92. The van der Waals surface area contributed by atoms with Crippen LogP contribution >= 0.6 is 0 Å². The van der Waals surface area contributed by atoms with Crippen LogP contribution in [0.1, 0.15) is 37.6 Å². The van der Waals surface area contributed by atoms with Crippen molar-refractivity contribution in [1.29, 1.82) is 0 Å². The smallest absolute Gasteiger partial charge is 0.221 e. The number of carbonyl (C=O) groups excluding carboxylic acids is 2. The molecule has 1 aliphatic heterocycles. The minimum Gasteiger partial charge on any atom is -0.489 e. The first-order chi connectivity index (χ1) is 8.47. The topological polar surface area (TPSA) is 55.4 Å². The zero-order valence-corrected chi connectivity index (χ0v) is 10.8. The van der Waals surface area contributed by atoms with Crippen molar-refractivity contribution in [3.05, 3.63) is 23.8 Å². The molecule has 96 valence electrons. The van der Waals surface area contributed by atoms with Gasteiger partial charge in [0.05, 0.1) is 5.56 Å². The molecule has 4 heteroatoms. The maximum Gasteiger partial charge on any atom is 0.221 e. The standard InChI is InChI=1S/C14H17NO3/c1-8(2)13-7-12(17)11-5-4-10(15-9(3)16)6-14(11)18-13/h4-6,8,13H,7H2,1-3H3,(H,15,16). The Hall–Kier alpha value is -1.84. The first-order valence-electron chi connectivity index (χ1n) is 6.09. The van der Waals surface area contributed by atoms with E-state index in [0.717, 1.165) is 0 Å². The summed E-state index contributed by atoms with van der Waals surface area (Å²) in [6.45, 7) is 5.50. The average Bonchev–Trinajstić information content (AvgIpc) is 2.27. The monoisotopic (exact) mass is 247 g/mol. The van der Waals surface area contributed by atoms with Gasteiger partial charge in [0.1, 0.15) is 11.9 Å². The lowest BCUT2D eigenvalue weighted by molar-refractivity contribution is -0.114. The fourth-order valence-electron chi connectivity index (χ4n) is 2.00. The number of benzene rings is 1. The summed E-state index contributed by atoms with van der Waals surface area (Å²) in [5.74, 6) is 0.810. The van der Waals surface area contributed by atoms with E-state index in [1.165, 1.54) is 6.92 Å². The first kappa shape index (κ1) is 12.6. The van der Waals surface area contributed by atoms with Crippen LogP contribution in [0.25, 0.3) is 0 Å². The molecule has 0 bridgehead atoms. The van der Waals surface area contributed by atoms with Gasteiger partial charge in [0.25, 0.3) is 0 Å². The minimum atomic E-state index is -0.141. The van der Waals surface area contributed by atoms with Crippen molar-refractivity contribution in [1.82, 2.24) is 0 Å². The second-order valence-corrected chi connectivity index (χ2v) is 4.92. The van der Waals surface area contributed by atoms with Gasteiger partial charge in [-0.2, -0.15) is 0 Å². The first-order valence-corrected chi connectivity index (χ1v) is 6.09. The van der Waals surface area contributed by atoms with E-state index in [1.807, 2.05) is 13.8 Å². The Balaban J connectivity index is 2.31. The van der Waals surface area contributed by atoms with Crippen LogP contribution in [0.2, 0.25) is 0 Å². The Kier molecular flexibility index (Phi) is 3.36. The molecule has 1 aromatic carbocycles. The number of carbonyl (C=O) groups is 2. The van der Waals surface area contributed by atoms with Crippen molar-refractivity contribution in [3.63, 3.8) is 0 Å². The fourth-order valence-corrected chi connectivity index (χ4v) is 2.00. The molecule has 0 saturated heterocycles. The predicted molar refractivity (Wildman–Crippen MR) is 68.9 cm³/mol. The predicted octanol–water partition coefficient (Wildman–Crippen LogP) is 2.63. The highest BCUT2D eigenvalue weighted by Crippen LogP contribution is 2.32. The molecule has 0 aliphatic carbocycles. The number of ether oxygens (including phenoxy) is 1. The van der Waals surface area contributed by atoms with Crippen molar-refractivity contribution < 1.29 is 14.3 Å². The van der Waals surface area contributed by atoms with E-state index in [2.05, 4.69) is 5.32 Å². The van der Waals surface area contributed by atoms with Crippen LogP contribution < -0.4 is 10.1 Å². The number of fused-ring (bicyclic) bond motifs is 1. The van der Waals surface area contributed by atoms with E-state index in [1.54, 1.807) is 18.2 Å². The van der Waals surface area contributed by atoms with Crippen molar-refractivity contribution in [3.8, 4) is 5.75 Å². The number of hydrogen-bond donors (Lipinski definition) is 1. The number of Topliss-reactive ketones (excluding diaryl/α,β-unsaturated/α-hetero) is 1. The molecule has 1 atom stereocenters. The summed E-state index contributed by atoms with van der Waals surface area (Å²) in [5.41, 5.74) is 1.25. The molecule has 1 aromatic rings. The average molecular weight is 247 g/mol. The Morgan fingerprint density at radius 2 is 2.17 bits per heavy atom. The number of ketones is 1. The molecule has 0 radical (unpaired) electrons. The molecule has 0 spiro atoms. The Morgan fingerprint density at radius 3 is 2.78 bits per heavy atom. The molecule has 1 amide bonds. The van der Waals surface area contributed by atoms with E-state index >= 15 is 0 Å². The number of hydrogen-bond acceptors (Lipinski definition) is 3. The number of amides is 1. The summed E-state index contributed by atoms with van der Waals surface area (Å²) in [6, 6.07) is 5.14. The third-order valence-corrected chi connectivity index (χ3v) is 3.01. The number of rotatable bonds is 2. The highest BCUT2D eigenvalue weighted by atomic mass is 16.5. The molecule has 18 heavy (non-hydrogen) atoms. The summed E-state index contributed by atoms with van der Waals surface area (Å²) in [6.07, 6.45) is 0.335. The summed E-state index contributed by atoms with van der Waals surface area (Å²) < 4.78 is 5.81. The molecule has 1 heterocycles. The van der Waals surface area contributed by atoms with Gasteiger partial charge >= 0.3 is 0 Å². The molecular weight excluding hydrogens is 230 g/mol. The van der Waals surface area contributed by atoms with Gasteiger partial charge in [-0.15, -0.1) is 0 Å². The third kappa shape index (κ3) is 2.53. The van der Waals surface area contributed by atoms with E-state index < -0.39 is 0 Å². The maximum absolute atomic E-state index is 12.0. The second kappa shape index (κ2) is 4.80. The van der Waals surface area contributed by atoms with Gasteiger partial charge in [-0.1, -0.05) is 13.8 Å². The lowest BCUT2D eigenvalue weighted by Crippen LogP contribution is -2.31. The number of nitrogens with one attached hydrogen (secondary N) is 1.